The molecule has 0 aliphatic carbocycles. The Morgan fingerprint density at radius 3 is 2.78 bits per heavy atom. The maximum atomic E-state index is 4.47. The molecule has 2 unspecified atom stereocenters. The van der Waals surface area contributed by atoms with Crippen molar-refractivity contribution >= 4 is 15.9 Å². The number of nitrogens with zero attached hydrogens (tertiary/aromatic N) is 3. The lowest BCUT2D eigenvalue weighted by atomic mass is 10.1. The van der Waals surface area contributed by atoms with Gasteiger partial charge in [0.1, 0.15) is 0 Å². The fourth-order valence-electron chi connectivity index (χ4n) is 2.67. The van der Waals surface area contributed by atoms with Gasteiger partial charge in [0.15, 0.2) is 0 Å². The molecular formula is C13H23BrN4. The number of hydrogen-bond acceptors (Lipinski definition) is 3. The van der Waals surface area contributed by atoms with Gasteiger partial charge in [-0.1, -0.05) is 6.92 Å². The van der Waals surface area contributed by atoms with Crippen molar-refractivity contribution in [1.29, 1.82) is 0 Å². The van der Waals surface area contributed by atoms with Gasteiger partial charge >= 0.3 is 0 Å². The number of rotatable bonds is 3. The Morgan fingerprint density at radius 1 is 1.50 bits per heavy atom. The molecule has 0 saturated carbocycles. The summed E-state index contributed by atoms with van der Waals surface area (Å²) >= 11 is 3.66. The monoisotopic (exact) mass is 314 g/mol. The van der Waals surface area contributed by atoms with Gasteiger partial charge in [0, 0.05) is 38.8 Å². The van der Waals surface area contributed by atoms with Crippen LogP contribution in [-0.4, -0.2) is 39.9 Å². The van der Waals surface area contributed by atoms with E-state index >= 15 is 0 Å². The first kappa shape index (κ1) is 14.0. The van der Waals surface area contributed by atoms with Crippen molar-refractivity contribution in [2.45, 2.75) is 45.8 Å². The summed E-state index contributed by atoms with van der Waals surface area (Å²) in [4.78, 5) is 2.57. The topological polar surface area (TPSA) is 33.1 Å². The molecule has 102 valence electrons. The molecule has 0 radical (unpaired) electrons. The van der Waals surface area contributed by atoms with E-state index in [0.29, 0.717) is 12.1 Å². The Morgan fingerprint density at radius 2 is 2.22 bits per heavy atom. The second-order valence-corrected chi connectivity index (χ2v) is 6.06. The summed E-state index contributed by atoms with van der Waals surface area (Å²) in [5.41, 5.74) is 2.35. The van der Waals surface area contributed by atoms with Crippen LogP contribution >= 0.6 is 15.9 Å². The molecule has 1 fully saturated rings. The fraction of sp³-hybridized carbons (Fsp3) is 0.769. The van der Waals surface area contributed by atoms with E-state index in [4.69, 9.17) is 0 Å². The van der Waals surface area contributed by atoms with Crippen molar-refractivity contribution in [2.75, 3.05) is 13.1 Å². The van der Waals surface area contributed by atoms with E-state index in [2.05, 4.69) is 45.1 Å². The third-order valence-corrected chi connectivity index (χ3v) is 4.84. The molecule has 1 aromatic heterocycles. The van der Waals surface area contributed by atoms with E-state index in [1.807, 2.05) is 18.7 Å². The number of aryl methyl sites for hydroxylation is 2. The zero-order chi connectivity index (χ0) is 13.3. The van der Waals surface area contributed by atoms with Gasteiger partial charge < -0.3 is 5.32 Å². The molecule has 2 atom stereocenters. The van der Waals surface area contributed by atoms with Gasteiger partial charge in [-0.05, 0) is 36.2 Å². The van der Waals surface area contributed by atoms with Crippen LogP contribution in [-0.2, 0) is 13.6 Å². The van der Waals surface area contributed by atoms with Gasteiger partial charge in [0.05, 0.1) is 15.9 Å². The van der Waals surface area contributed by atoms with Crippen molar-refractivity contribution in [3.8, 4) is 0 Å². The van der Waals surface area contributed by atoms with Gasteiger partial charge in [-0.3, -0.25) is 9.58 Å². The molecule has 1 aromatic rings. The molecule has 18 heavy (non-hydrogen) atoms. The van der Waals surface area contributed by atoms with Crippen molar-refractivity contribution in [3.63, 3.8) is 0 Å². The van der Waals surface area contributed by atoms with Crippen LogP contribution in [0.25, 0.3) is 0 Å². The van der Waals surface area contributed by atoms with Crippen LogP contribution in [0.15, 0.2) is 4.47 Å². The van der Waals surface area contributed by atoms with Gasteiger partial charge in [-0.25, -0.2) is 0 Å². The standard InChI is InChI=1S/C13H23BrN4/c1-5-11-6-15-9(2)7-18(11)8-12-13(14)10(3)16-17(12)4/h9,11,15H,5-8H2,1-4H3. The Bertz CT molecular complexity index is 415. The van der Waals surface area contributed by atoms with Crippen LogP contribution in [0.3, 0.4) is 0 Å². The highest BCUT2D eigenvalue weighted by Crippen LogP contribution is 2.23. The second-order valence-electron chi connectivity index (χ2n) is 5.27. The number of aromatic nitrogens is 2. The van der Waals surface area contributed by atoms with Crippen LogP contribution in [0.4, 0.5) is 0 Å². The van der Waals surface area contributed by atoms with Crippen LogP contribution in [0.5, 0.6) is 0 Å². The molecule has 2 rings (SSSR count). The fourth-order valence-corrected chi connectivity index (χ4v) is 3.13. The lowest BCUT2D eigenvalue weighted by molar-refractivity contribution is 0.121. The van der Waals surface area contributed by atoms with E-state index in [1.165, 1.54) is 12.1 Å². The SMILES string of the molecule is CCC1CNC(C)CN1Cc1c(Br)c(C)nn1C. The van der Waals surface area contributed by atoms with E-state index in [9.17, 15) is 0 Å². The maximum Gasteiger partial charge on any atom is 0.0739 e. The number of hydrogen-bond donors (Lipinski definition) is 1. The lowest BCUT2D eigenvalue weighted by Crippen LogP contribution is -2.54. The molecule has 5 heteroatoms. The number of halogens is 1. The van der Waals surface area contributed by atoms with Crippen molar-refractivity contribution in [1.82, 2.24) is 20.0 Å². The summed E-state index contributed by atoms with van der Waals surface area (Å²) in [7, 11) is 2.03. The Labute approximate surface area is 118 Å². The number of piperazine rings is 1. The van der Waals surface area contributed by atoms with E-state index in [1.54, 1.807) is 0 Å². The van der Waals surface area contributed by atoms with Crippen molar-refractivity contribution < 1.29 is 0 Å². The van der Waals surface area contributed by atoms with Crippen LogP contribution in [0.2, 0.25) is 0 Å². The number of nitrogens with one attached hydrogen (secondary N) is 1. The smallest absolute Gasteiger partial charge is 0.0739 e. The first-order valence-corrected chi connectivity index (χ1v) is 7.47. The zero-order valence-corrected chi connectivity index (χ0v) is 13.3. The summed E-state index contributed by atoms with van der Waals surface area (Å²) in [5.74, 6) is 0. The Hall–Kier alpha value is -0.390. The summed E-state index contributed by atoms with van der Waals surface area (Å²) in [6.45, 7) is 9.73. The predicted molar refractivity (Wildman–Crippen MR) is 77.6 cm³/mol. The molecule has 1 aliphatic rings. The maximum absolute atomic E-state index is 4.47. The van der Waals surface area contributed by atoms with Gasteiger partial charge in [0.25, 0.3) is 0 Å². The largest absolute Gasteiger partial charge is 0.311 e. The molecule has 1 saturated heterocycles. The third-order valence-electron chi connectivity index (χ3n) is 3.81. The summed E-state index contributed by atoms with van der Waals surface area (Å²) < 4.78 is 3.16. The van der Waals surface area contributed by atoms with Crippen LogP contribution in [0.1, 0.15) is 31.7 Å². The molecule has 1 aliphatic heterocycles. The molecule has 4 nitrogen and oxygen atoms in total. The minimum absolute atomic E-state index is 0.570. The third kappa shape index (κ3) is 2.78. The van der Waals surface area contributed by atoms with Gasteiger partial charge in [-0.15, -0.1) is 0 Å². The highest BCUT2D eigenvalue weighted by atomic mass is 79.9. The lowest BCUT2D eigenvalue weighted by Gasteiger charge is -2.39. The molecule has 0 aromatic carbocycles. The zero-order valence-electron chi connectivity index (χ0n) is 11.7. The van der Waals surface area contributed by atoms with E-state index < -0.39 is 0 Å². The molecule has 1 N–H and O–H groups in total. The molecule has 0 spiro atoms. The Kier molecular flexibility index (Phi) is 4.45. The Balaban J connectivity index is 2.15. The normalized spacial score (nSPS) is 25.6. The van der Waals surface area contributed by atoms with Crippen molar-refractivity contribution in [3.05, 3.63) is 15.9 Å². The van der Waals surface area contributed by atoms with Crippen LogP contribution in [0, 0.1) is 6.92 Å². The quantitative estimate of drug-likeness (QED) is 0.927. The average molecular weight is 315 g/mol. The summed E-state index contributed by atoms with van der Waals surface area (Å²) in [5, 5.41) is 8.03. The molecule has 0 amide bonds. The van der Waals surface area contributed by atoms with E-state index in [0.717, 1.165) is 29.8 Å². The van der Waals surface area contributed by atoms with Crippen LogP contribution < -0.4 is 5.32 Å². The molecule has 2 heterocycles. The highest BCUT2D eigenvalue weighted by Gasteiger charge is 2.26. The van der Waals surface area contributed by atoms with E-state index in [-0.39, 0.29) is 0 Å². The highest BCUT2D eigenvalue weighted by molar-refractivity contribution is 9.10. The minimum atomic E-state index is 0.570. The predicted octanol–water partition coefficient (Wildman–Crippen LogP) is 2.06. The second kappa shape index (κ2) is 5.72. The average Bonchev–Trinajstić information content (AvgIpc) is 2.56. The van der Waals surface area contributed by atoms with Gasteiger partial charge in [0.2, 0.25) is 0 Å². The first-order valence-electron chi connectivity index (χ1n) is 6.68. The van der Waals surface area contributed by atoms with Crippen molar-refractivity contribution in [2.24, 2.45) is 7.05 Å². The molecule has 0 bridgehead atoms. The first-order chi connectivity index (χ1) is 8.52. The minimum Gasteiger partial charge on any atom is -0.311 e. The summed E-state index contributed by atoms with van der Waals surface area (Å²) in [6, 6.07) is 1.20. The van der Waals surface area contributed by atoms with Gasteiger partial charge in [-0.2, -0.15) is 5.10 Å². The summed E-state index contributed by atoms with van der Waals surface area (Å²) in [6.07, 6.45) is 1.19. The molecular weight excluding hydrogens is 292 g/mol.